The number of halogens is 1. The molecular weight excluding hydrogens is 223 g/mol. The van der Waals surface area contributed by atoms with Gasteiger partial charge in [0.25, 0.3) is 0 Å². The van der Waals surface area contributed by atoms with Crippen LogP contribution in [0, 0.1) is 11.7 Å². The van der Waals surface area contributed by atoms with Crippen molar-refractivity contribution in [3.05, 3.63) is 24.0 Å². The summed E-state index contributed by atoms with van der Waals surface area (Å²) in [6, 6.07) is 5.29. The summed E-state index contributed by atoms with van der Waals surface area (Å²) in [5.74, 6) is 0.629. The molecular formula is C12H13FN2S. The van der Waals surface area contributed by atoms with Gasteiger partial charge in [-0.25, -0.2) is 9.37 Å². The van der Waals surface area contributed by atoms with E-state index in [9.17, 15) is 4.39 Å². The van der Waals surface area contributed by atoms with Gasteiger partial charge in [-0.2, -0.15) is 0 Å². The van der Waals surface area contributed by atoms with Crippen LogP contribution >= 0.6 is 11.3 Å². The van der Waals surface area contributed by atoms with Gasteiger partial charge in [0.1, 0.15) is 5.82 Å². The Labute approximate surface area is 97.5 Å². The van der Waals surface area contributed by atoms with E-state index in [2.05, 4.69) is 17.2 Å². The Morgan fingerprint density at radius 3 is 3.00 bits per heavy atom. The topological polar surface area (TPSA) is 24.9 Å². The monoisotopic (exact) mass is 236 g/mol. The van der Waals surface area contributed by atoms with Crippen LogP contribution in [0.5, 0.6) is 0 Å². The van der Waals surface area contributed by atoms with Crippen molar-refractivity contribution in [3.8, 4) is 0 Å². The maximum absolute atomic E-state index is 13.0. The highest BCUT2D eigenvalue weighted by molar-refractivity contribution is 7.22. The van der Waals surface area contributed by atoms with Crippen LogP contribution in [0.2, 0.25) is 0 Å². The fraction of sp³-hybridized carbons (Fsp3) is 0.417. The molecule has 0 aliphatic heterocycles. The third kappa shape index (κ3) is 1.78. The van der Waals surface area contributed by atoms with Crippen molar-refractivity contribution in [1.29, 1.82) is 0 Å². The van der Waals surface area contributed by atoms with E-state index in [1.165, 1.54) is 30.2 Å². The van der Waals surface area contributed by atoms with E-state index in [0.717, 1.165) is 21.3 Å². The number of thiazole rings is 1. The maximum atomic E-state index is 13.0. The second-order valence-corrected chi connectivity index (χ2v) is 5.58. The lowest BCUT2D eigenvalue weighted by molar-refractivity contribution is 0.309. The Balaban J connectivity index is 1.82. The molecule has 1 N–H and O–H groups in total. The van der Waals surface area contributed by atoms with Crippen LogP contribution in [-0.4, -0.2) is 11.0 Å². The van der Waals surface area contributed by atoms with Crippen molar-refractivity contribution in [3.63, 3.8) is 0 Å². The summed E-state index contributed by atoms with van der Waals surface area (Å²) < 4.78 is 13.9. The fourth-order valence-corrected chi connectivity index (χ4v) is 3.12. The van der Waals surface area contributed by atoms with E-state index in [1.54, 1.807) is 12.1 Å². The van der Waals surface area contributed by atoms with Crippen molar-refractivity contribution in [2.75, 3.05) is 5.32 Å². The van der Waals surface area contributed by atoms with Crippen molar-refractivity contribution >= 4 is 26.7 Å². The highest BCUT2D eigenvalue weighted by atomic mass is 32.1. The molecule has 0 amide bonds. The van der Waals surface area contributed by atoms with E-state index < -0.39 is 0 Å². The largest absolute Gasteiger partial charge is 0.359 e. The SMILES string of the molecule is CC1CC(Nc2nc3ccc(F)cc3s2)C1. The fourth-order valence-electron chi connectivity index (χ4n) is 2.16. The van der Waals surface area contributed by atoms with Crippen LogP contribution in [0.1, 0.15) is 19.8 Å². The molecule has 0 spiro atoms. The minimum absolute atomic E-state index is 0.194. The van der Waals surface area contributed by atoms with Crippen molar-refractivity contribution < 1.29 is 4.39 Å². The van der Waals surface area contributed by atoms with Crippen LogP contribution in [0.25, 0.3) is 10.2 Å². The second-order valence-electron chi connectivity index (χ2n) is 4.55. The summed E-state index contributed by atoms with van der Waals surface area (Å²) in [5, 5.41) is 4.32. The molecule has 1 saturated carbocycles. The first-order chi connectivity index (χ1) is 7.70. The lowest BCUT2D eigenvalue weighted by Crippen LogP contribution is -2.33. The number of fused-ring (bicyclic) bond motifs is 1. The molecule has 0 unspecified atom stereocenters. The Morgan fingerprint density at radius 2 is 2.25 bits per heavy atom. The maximum Gasteiger partial charge on any atom is 0.184 e. The standard InChI is InChI=1S/C12H13FN2S/c1-7-4-9(5-7)14-12-15-10-3-2-8(13)6-11(10)16-12/h2-3,6-7,9H,4-5H2,1H3,(H,14,15). The first-order valence-corrected chi connectivity index (χ1v) is 6.35. The summed E-state index contributed by atoms with van der Waals surface area (Å²) in [6.45, 7) is 2.26. The van der Waals surface area contributed by atoms with E-state index in [4.69, 9.17) is 0 Å². The zero-order valence-electron chi connectivity index (χ0n) is 9.03. The molecule has 4 heteroatoms. The number of rotatable bonds is 2. The molecule has 2 nitrogen and oxygen atoms in total. The van der Waals surface area contributed by atoms with E-state index in [1.807, 2.05) is 0 Å². The molecule has 16 heavy (non-hydrogen) atoms. The molecule has 0 bridgehead atoms. The summed E-state index contributed by atoms with van der Waals surface area (Å²) in [7, 11) is 0. The lowest BCUT2D eigenvalue weighted by Gasteiger charge is -2.33. The van der Waals surface area contributed by atoms with Gasteiger partial charge in [-0.1, -0.05) is 18.3 Å². The van der Waals surface area contributed by atoms with Crippen LogP contribution in [-0.2, 0) is 0 Å². The van der Waals surface area contributed by atoms with Gasteiger partial charge in [0.2, 0.25) is 0 Å². The normalized spacial score (nSPS) is 24.4. The van der Waals surface area contributed by atoms with Gasteiger partial charge in [-0.3, -0.25) is 0 Å². The Bertz CT molecular complexity index is 517. The van der Waals surface area contributed by atoms with Gasteiger partial charge in [0.15, 0.2) is 5.13 Å². The molecule has 0 atom stereocenters. The zero-order chi connectivity index (χ0) is 11.1. The quantitative estimate of drug-likeness (QED) is 0.861. The van der Waals surface area contributed by atoms with Gasteiger partial charge in [0.05, 0.1) is 10.2 Å². The number of benzene rings is 1. The highest BCUT2D eigenvalue weighted by Crippen LogP contribution is 2.32. The predicted molar refractivity (Wildman–Crippen MR) is 65.4 cm³/mol. The van der Waals surface area contributed by atoms with E-state index >= 15 is 0 Å². The van der Waals surface area contributed by atoms with Gasteiger partial charge < -0.3 is 5.32 Å². The number of hydrogen-bond acceptors (Lipinski definition) is 3. The van der Waals surface area contributed by atoms with Crippen molar-refractivity contribution in [2.45, 2.75) is 25.8 Å². The Kier molecular flexibility index (Phi) is 2.32. The first kappa shape index (κ1) is 10.0. The van der Waals surface area contributed by atoms with Crippen LogP contribution in [0.3, 0.4) is 0 Å². The van der Waals surface area contributed by atoms with Gasteiger partial charge >= 0.3 is 0 Å². The summed E-state index contributed by atoms with van der Waals surface area (Å²) in [4.78, 5) is 4.44. The molecule has 84 valence electrons. The highest BCUT2D eigenvalue weighted by Gasteiger charge is 2.25. The predicted octanol–water partition coefficient (Wildman–Crippen LogP) is 3.65. The molecule has 1 aromatic carbocycles. The van der Waals surface area contributed by atoms with Crippen LogP contribution < -0.4 is 5.32 Å². The molecule has 1 aromatic heterocycles. The lowest BCUT2D eigenvalue weighted by atomic mass is 9.82. The number of anilines is 1. The van der Waals surface area contributed by atoms with Crippen molar-refractivity contribution in [2.24, 2.45) is 5.92 Å². The smallest absolute Gasteiger partial charge is 0.184 e. The van der Waals surface area contributed by atoms with Gasteiger partial charge in [-0.05, 0) is 37.0 Å². The third-order valence-electron chi connectivity index (χ3n) is 3.05. The van der Waals surface area contributed by atoms with Crippen LogP contribution in [0.15, 0.2) is 18.2 Å². The molecule has 1 aliphatic rings. The molecule has 1 fully saturated rings. The number of aromatic nitrogens is 1. The molecule has 0 radical (unpaired) electrons. The summed E-state index contributed by atoms with van der Waals surface area (Å²) in [6.07, 6.45) is 2.43. The second kappa shape index (κ2) is 3.70. The molecule has 2 aromatic rings. The molecule has 1 heterocycles. The van der Waals surface area contributed by atoms with Crippen molar-refractivity contribution in [1.82, 2.24) is 4.98 Å². The van der Waals surface area contributed by atoms with Crippen LogP contribution in [0.4, 0.5) is 9.52 Å². The van der Waals surface area contributed by atoms with Gasteiger partial charge in [0, 0.05) is 6.04 Å². The minimum Gasteiger partial charge on any atom is -0.359 e. The molecule has 1 aliphatic carbocycles. The molecule has 0 saturated heterocycles. The number of nitrogens with one attached hydrogen (secondary N) is 1. The average molecular weight is 236 g/mol. The summed E-state index contributed by atoms with van der Waals surface area (Å²) >= 11 is 1.53. The third-order valence-corrected chi connectivity index (χ3v) is 4.00. The van der Waals surface area contributed by atoms with Gasteiger partial charge in [-0.15, -0.1) is 0 Å². The molecule has 3 rings (SSSR count). The first-order valence-electron chi connectivity index (χ1n) is 5.53. The summed E-state index contributed by atoms with van der Waals surface area (Å²) in [5.41, 5.74) is 0.876. The number of nitrogens with zero attached hydrogens (tertiary/aromatic N) is 1. The van der Waals surface area contributed by atoms with E-state index in [-0.39, 0.29) is 5.82 Å². The Morgan fingerprint density at radius 1 is 1.44 bits per heavy atom. The number of hydrogen-bond donors (Lipinski definition) is 1. The Hall–Kier alpha value is -1.16. The average Bonchev–Trinajstić information content (AvgIpc) is 2.57. The minimum atomic E-state index is -0.194. The zero-order valence-corrected chi connectivity index (χ0v) is 9.85. The van der Waals surface area contributed by atoms with E-state index in [0.29, 0.717) is 6.04 Å².